The first-order valence-electron chi connectivity index (χ1n) is 5.35. The highest BCUT2D eigenvalue weighted by atomic mass is 35.5. The molecule has 2 heterocycles. The van der Waals surface area contributed by atoms with Gasteiger partial charge in [-0.15, -0.1) is 0 Å². The molecule has 1 aliphatic rings. The Morgan fingerprint density at radius 2 is 2.27 bits per heavy atom. The van der Waals surface area contributed by atoms with Crippen LogP contribution in [0.25, 0.3) is 0 Å². The highest BCUT2D eigenvalue weighted by Crippen LogP contribution is 2.25. The third kappa shape index (κ3) is 2.44. The van der Waals surface area contributed by atoms with Crippen LogP contribution in [-0.2, 0) is 0 Å². The molecule has 15 heavy (non-hydrogen) atoms. The van der Waals surface area contributed by atoms with Crippen molar-refractivity contribution in [2.45, 2.75) is 25.3 Å². The largest absolute Gasteiger partial charge is 0.395 e. The lowest BCUT2D eigenvalue weighted by atomic mass is 10.1. The lowest BCUT2D eigenvalue weighted by Crippen LogP contribution is -2.19. The zero-order chi connectivity index (χ0) is 10.8. The van der Waals surface area contributed by atoms with Crippen LogP contribution in [0.2, 0.25) is 5.15 Å². The van der Waals surface area contributed by atoms with Gasteiger partial charge in [-0.1, -0.05) is 11.6 Å². The molecule has 1 aromatic heterocycles. The number of nitrogens with two attached hydrogens (primary N) is 1. The number of likely N-dealkylation sites (tertiary alicyclic amines) is 1. The van der Waals surface area contributed by atoms with Gasteiger partial charge in [-0.05, 0) is 39.4 Å². The highest BCUT2D eigenvalue weighted by Gasteiger charge is 2.18. The quantitative estimate of drug-likeness (QED) is 0.797. The number of rotatable bonds is 1. The molecule has 1 fully saturated rings. The summed E-state index contributed by atoms with van der Waals surface area (Å²) in [5, 5.41) is 4.66. The van der Waals surface area contributed by atoms with E-state index in [2.05, 4.69) is 17.0 Å². The molecule has 2 rings (SSSR count). The van der Waals surface area contributed by atoms with Crippen molar-refractivity contribution in [1.29, 1.82) is 0 Å². The third-order valence-corrected chi connectivity index (χ3v) is 3.30. The van der Waals surface area contributed by atoms with Gasteiger partial charge < -0.3 is 10.6 Å². The van der Waals surface area contributed by atoms with Crippen molar-refractivity contribution in [3.05, 3.63) is 11.3 Å². The summed E-state index contributed by atoms with van der Waals surface area (Å²) in [6, 6.07) is 0.449. The molecular weight excluding hydrogens is 212 g/mol. The number of nitrogen functional groups attached to an aromatic ring is 1. The number of anilines is 1. The Morgan fingerprint density at radius 3 is 2.93 bits per heavy atom. The van der Waals surface area contributed by atoms with Crippen LogP contribution in [0.4, 0.5) is 5.69 Å². The number of hydrogen-bond donors (Lipinski definition) is 1. The van der Waals surface area contributed by atoms with Gasteiger partial charge in [0, 0.05) is 6.20 Å². The van der Waals surface area contributed by atoms with Crippen molar-refractivity contribution < 1.29 is 0 Å². The van der Waals surface area contributed by atoms with Crippen molar-refractivity contribution in [2.24, 2.45) is 0 Å². The smallest absolute Gasteiger partial charge is 0.173 e. The number of hydrogen-bond acceptors (Lipinski definition) is 3. The molecule has 2 N–H and O–H groups in total. The average Bonchev–Trinajstić information content (AvgIpc) is 2.41. The second kappa shape index (κ2) is 4.41. The van der Waals surface area contributed by atoms with E-state index in [4.69, 9.17) is 17.3 Å². The predicted molar refractivity (Wildman–Crippen MR) is 62.0 cm³/mol. The lowest BCUT2D eigenvalue weighted by molar-refractivity contribution is 0.337. The fourth-order valence-corrected chi connectivity index (χ4v) is 2.19. The van der Waals surface area contributed by atoms with Crippen LogP contribution in [0, 0.1) is 0 Å². The Kier molecular flexibility index (Phi) is 3.17. The van der Waals surface area contributed by atoms with Crippen molar-refractivity contribution in [1.82, 2.24) is 14.7 Å². The second-order valence-corrected chi connectivity index (χ2v) is 4.60. The first kappa shape index (κ1) is 10.8. The summed E-state index contributed by atoms with van der Waals surface area (Å²) < 4.78 is 1.93. The number of nitrogens with zero attached hydrogens (tertiary/aromatic N) is 3. The van der Waals surface area contributed by atoms with Gasteiger partial charge in [0.05, 0.1) is 11.7 Å². The normalized spacial score (nSPS) is 24.0. The van der Waals surface area contributed by atoms with Crippen LogP contribution in [0.15, 0.2) is 6.20 Å². The van der Waals surface area contributed by atoms with Crippen LogP contribution in [0.1, 0.15) is 25.3 Å². The van der Waals surface area contributed by atoms with Gasteiger partial charge in [-0.2, -0.15) is 5.10 Å². The van der Waals surface area contributed by atoms with Gasteiger partial charge in [0.25, 0.3) is 0 Å². The molecule has 0 saturated carbocycles. The standard InChI is InChI=1S/C10H17ClN4/c1-14-5-2-3-8(4-6-14)15-7-9(12)10(11)13-15/h7-8H,2-6,12H2,1H3. The molecule has 0 spiro atoms. The van der Waals surface area contributed by atoms with Crippen molar-refractivity contribution in [2.75, 3.05) is 25.9 Å². The lowest BCUT2D eigenvalue weighted by Gasteiger charge is -2.15. The van der Waals surface area contributed by atoms with Crippen molar-refractivity contribution >= 4 is 17.3 Å². The molecule has 0 aromatic carbocycles. The van der Waals surface area contributed by atoms with Gasteiger partial charge in [0.1, 0.15) is 0 Å². The van der Waals surface area contributed by atoms with Gasteiger partial charge >= 0.3 is 0 Å². The summed E-state index contributed by atoms with van der Waals surface area (Å²) >= 11 is 5.85. The minimum absolute atomic E-state index is 0.424. The van der Waals surface area contributed by atoms with Gasteiger partial charge in [-0.3, -0.25) is 4.68 Å². The molecule has 0 aliphatic carbocycles. The second-order valence-electron chi connectivity index (χ2n) is 4.24. The van der Waals surface area contributed by atoms with Crippen LogP contribution >= 0.6 is 11.6 Å². The average molecular weight is 229 g/mol. The minimum Gasteiger partial charge on any atom is -0.395 e. The van der Waals surface area contributed by atoms with Crippen LogP contribution in [-0.4, -0.2) is 34.8 Å². The summed E-state index contributed by atoms with van der Waals surface area (Å²) in [7, 11) is 2.16. The predicted octanol–water partition coefficient (Wildman–Crippen LogP) is 1.78. The van der Waals surface area contributed by atoms with E-state index in [9.17, 15) is 0 Å². The van der Waals surface area contributed by atoms with Crippen molar-refractivity contribution in [3.63, 3.8) is 0 Å². The molecule has 1 aliphatic heterocycles. The van der Waals surface area contributed by atoms with Gasteiger partial charge in [0.2, 0.25) is 0 Å². The number of aromatic nitrogens is 2. The maximum Gasteiger partial charge on any atom is 0.173 e. The van der Waals surface area contributed by atoms with E-state index in [-0.39, 0.29) is 0 Å². The maximum absolute atomic E-state index is 5.85. The molecule has 1 unspecified atom stereocenters. The molecule has 4 nitrogen and oxygen atoms in total. The SMILES string of the molecule is CN1CCCC(n2cc(N)c(Cl)n2)CC1. The molecule has 0 radical (unpaired) electrons. The summed E-state index contributed by atoms with van der Waals surface area (Å²) in [5.41, 5.74) is 6.27. The zero-order valence-electron chi connectivity index (χ0n) is 8.99. The summed E-state index contributed by atoms with van der Waals surface area (Å²) in [4.78, 5) is 2.36. The zero-order valence-corrected chi connectivity index (χ0v) is 9.74. The minimum atomic E-state index is 0.424. The monoisotopic (exact) mass is 228 g/mol. The maximum atomic E-state index is 5.85. The third-order valence-electron chi connectivity index (χ3n) is 3.01. The molecule has 1 saturated heterocycles. The van der Waals surface area contributed by atoms with Crippen molar-refractivity contribution in [3.8, 4) is 0 Å². The van der Waals surface area contributed by atoms with Gasteiger partial charge in [-0.25, -0.2) is 0 Å². The van der Waals surface area contributed by atoms with E-state index in [1.165, 1.54) is 13.0 Å². The fourth-order valence-electron chi connectivity index (χ4n) is 2.06. The highest BCUT2D eigenvalue weighted by molar-refractivity contribution is 6.31. The van der Waals surface area contributed by atoms with E-state index in [1.807, 2.05) is 10.9 Å². The molecular formula is C10H17ClN4. The van der Waals surface area contributed by atoms with E-state index in [0.717, 1.165) is 19.4 Å². The first-order valence-corrected chi connectivity index (χ1v) is 5.73. The Bertz CT molecular complexity index is 317. The van der Waals surface area contributed by atoms with Crippen LogP contribution in [0.5, 0.6) is 0 Å². The molecule has 5 heteroatoms. The Morgan fingerprint density at radius 1 is 1.47 bits per heavy atom. The summed E-state index contributed by atoms with van der Waals surface area (Å²) in [5.74, 6) is 0. The van der Waals surface area contributed by atoms with E-state index < -0.39 is 0 Å². The van der Waals surface area contributed by atoms with Crippen LogP contribution in [0.3, 0.4) is 0 Å². The molecule has 0 amide bonds. The Labute approximate surface area is 95.0 Å². The van der Waals surface area contributed by atoms with Gasteiger partial charge in [0.15, 0.2) is 5.15 Å². The topological polar surface area (TPSA) is 47.1 Å². The first-order chi connectivity index (χ1) is 7.16. The van der Waals surface area contributed by atoms with E-state index in [1.54, 1.807) is 0 Å². The molecule has 1 atom stereocenters. The Hall–Kier alpha value is -0.740. The van der Waals surface area contributed by atoms with E-state index in [0.29, 0.717) is 16.9 Å². The molecule has 1 aromatic rings. The Balaban J connectivity index is 2.09. The fraction of sp³-hybridized carbons (Fsp3) is 0.700. The number of halogens is 1. The molecule has 84 valence electrons. The van der Waals surface area contributed by atoms with Crippen LogP contribution < -0.4 is 5.73 Å². The summed E-state index contributed by atoms with van der Waals surface area (Å²) in [6.45, 7) is 2.28. The molecule has 0 bridgehead atoms. The van der Waals surface area contributed by atoms with E-state index >= 15 is 0 Å². The summed E-state index contributed by atoms with van der Waals surface area (Å²) in [6.07, 6.45) is 5.33.